The maximum atomic E-state index is 12.6. The molecule has 3 saturated heterocycles. The summed E-state index contributed by atoms with van der Waals surface area (Å²) in [6, 6.07) is -0.112. The molecule has 22 heavy (non-hydrogen) atoms. The lowest BCUT2D eigenvalue weighted by atomic mass is 10.1. The summed E-state index contributed by atoms with van der Waals surface area (Å²) in [6.45, 7) is 4.47. The number of aromatic nitrogens is 2. The molecule has 0 aromatic carbocycles. The standard InChI is InChI=1S/C15H20N4O3/c1-11-16-4-7-17(11)5-2-13(20)18-6-3-15-12(18)10-14(21)19(15)8-9-22-15/h4,7,12H,2-3,5-6,8-10H2,1H3/t12-,15+/m1/s1. The molecule has 0 saturated carbocycles. The van der Waals surface area contributed by atoms with Gasteiger partial charge in [-0.1, -0.05) is 0 Å². The molecule has 1 spiro atoms. The lowest BCUT2D eigenvalue weighted by Crippen LogP contribution is -2.48. The minimum Gasteiger partial charge on any atom is -0.351 e. The number of nitrogens with zero attached hydrogens (tertiary/aromatic N) is 4. The van der Waals surface area contributed by atoms with E-state index in [0.29, 0.717) is 39.1 Å². The van der Waals surface area contributed by atoms with Crippen molar-refractivity contribution in [2.24, 2.45) is 0 Å². The molecule has 118 valence electrons. The van der Waals surface area contributed by atoms with Gasteiger partial charge in [-0.25, -0.2) is 4.98 Å². The average Bonchev–Trinajstić information content (AvgIpc) is 3.21. The van der Waals surface area contributed by atoms with E-state index < -0.39 is 5.72 Å². The highest BCUT2D eigenvalue weighted by atomic mass is 16.5. The van der Waals surface area contributed by atoms with Crippen LogP contribution in [0.3, 0.4) is 0 Å². The highest BCUT2D eigenvalue weighted by Crippen LogP contribution is 2.45. The van der Waals surface area contributed by atoms with E-state index >= 15 is 0 Å². The summed E-state index contributed by atoms with van der Waals surface area (Å²) in [4.78, 5) is 32.6. The summed E-state index contributed by atoms with van der Waals surface area (Å²) in [6.07, 6.45) is 5.19. The number of ether oxygens (including phenoxy) is 1. The van der Waals surface area contributed by atoms with Crippen molar-refractivity contribution >= 4 is 11.8 Å². The van der Waals surface area contributed by atoms with Crippen molar-refractivity contribution in [2.75, 3.05) is 19.7 Å². The fraction of sp³-hybridized carbons (Fsp3) is 0.667. The first kappa shape index (κ1) is 13.8. The molecule has 4 rings (SSSR count). The van der Waals surface area contributed by atoms with Gasteiger partial charge in [0.05, 0.1) is 19.1 Å². The zero-order valence-electron chi connectivity index (χ0n) is 12.7. The van der Waals surface area contributed by atoms with Crippen molar-refractivity contribution in [3.8, 4) is 0 Å². The largest absolute Gasteiger partial charge is 0.351 e. The molecule has 3 aliphatic rings. The first-order valence-corrected chi connectivity index (χ1v) is 7.83. The van der Waals surface area contributed by atoms with Gasteiger partial charge in [0.2, 0.25) is 11.8 Å². The molecule has 2 amide bonds. The monoisotopic (exact) mass is 304 g/mol. The molecule has 1 aromatic rings. The number of aryl methyl sites for hydroxylation is 2. The second kappa shape index (κ2) is 4.81. The van der Waals surface area contributed by atoms with Crippen LogP contribution in [0.1, 0.15) is 25.1 Å². The molecule has 0 N–H and O–H groups in total. The summed E-state index contributed by atoms with van der Waals surface area (Å²) in [5, 5.41) is 0. The van der Waals surface area contributed by atoms with Crippen molar-refractivity contribution < 1.29 is 14.3 Å². The van der Waals surface area contributed by atoms with Crippen LogP contribution in [0.5, 0.6) is 0 Å². The molecule has 7 heteroatoms. The van der Waals surface area contributed by atoms with Crippen LogP contribution in [0.15, 0.2) is 12.4 Å². The van der Waals surface area contributed by atoms with Gasteiger partial charge < -0.3 is 19.1 Å². The Morgan fingerprint density at radius 3 is 3.14 bits per heavy atom. The summed E-state index contributed by atoms with van der Waals surface area (Å²) in [7, 11) is 0. The Hall–Kier alpha value is -1.89. The zero-order valence-corrected chi connectivity index (χ0v) is 12.7. The normalized spacial score (nSPS) is 30.0. The number of carbonyl (C=O) groups is 2. The predicted molar refractivity (Wildman–Crippen MR) is 76.7 cm³/mol. The van der Waals surface area contributed by atoms with Gasteiger partial charge in [-0.3, -0.25) is 9.59 Å². The van der Waals surface area contributed by atoms with E-state index in [0.717, 1.165) is 12.2 Å². The second-order valence-electron chi connectivity index (χ2n) is 6.21. The molecule has 0 bridgehead atoms. The fourth-order valence-corrected chi connectivity index (χ4v) is 4.09. The van der Waals surface area contributed by atoms with E-state index in [1.165, 1.54) is 0 Å². The first-order valence-electron chi connectivity index (χ1n) is 7.83. The van der Waals surface area contributed by atoms with Crippen LogP contribution in [0.2, 0.25) is 0 Å². The number of imidazole rings is 1. The van der Waals surface area contributed by atoms with Crippen LogP contribution in [-0.4, -0.2) is 62.6 Å². The van der Waals surface area contributed by atoms with E-state index in [4.69, 9.17) is 4.74 Å². The molecule has 1 aromatic heterocycles. The van der Waals surface area contributed by atoms with Crippen molar-refractivity contribution in [3.05, 3.63) is 18.2 Å². The molecule has 3 aliphatic heterocycles. The Bertz CT molecular complexity index is 628. The minimum atomic E-state index is -0.530. The van der Waals surface area contributed by atoms with E-state index in [9.17, 15) is 9.59 Å². The number of rotatable bonds is 3. The Morgan fingerprint density at radius 1 is 1.50 bits per heavy atom. The molecule has 2 atom stereocenters. The van der Waals surface area contributed by atoms with Crippen LogP contribution in [0.25, 0.3) is 0 Å². The lowest BCUT2D eigenvalue weighted by Gasteiger charge is -2.31. The van der Waals surface area contributed by atoms with E-state index in [2.05, 4.69) is 4.98 Å². The van der Waals surface area contributed by atoms with Gasteiger partial charge in [-0.05, 0) is 6.92 Å². The molecule has 7 nitrogen and oxygen atoms in total. The smallest absolute Gasteiger partial charge is 0.227 e. The summed E-state index contributed by atoms with van der Waals surface area (Å²) in [5.41, 5.74) is -0.530. The second-order valence-corrected chi connectivity index (χ2v) is 6.21. The topological polar surface area (TPSA) is 67.7 Å². The molecule has 0 aliphatic carbocycles. The summed E-state index contributed by atoms with van der Waals surface area (Å²) in [5.74, 6) is 1.12. The molecule has 0 unspecified atom stereocenters. The molecule has 0 radical (unpaired) electrons. The van der Waals surface area contributed by atoms with Gasteiger partial charge in [-0.2, -0.15) is 0 Å². The Labute approximate surface area is 128 Å². The van der Waals surface area contributed by atoms with Crippen molar-refractivity contribution in [2.45, 2.75) is 44.5 Å². The van der Waals surface area contributed by atoms with E-state index in [-0.39, 0.29) is 17.9 Å². The highest BCUT2D eigenvalue weighted by Gasteiger charge is 2.62. The first-order chi connectivity index (χ1) is 10.6. The lowest BCUT2D eigenvalue weighted by molar-refractivity contribution is -0.139. The maximum Gasteiger partial charge on any atom is 0.227 e. The fourth-order valence-electron chi connectivity index (χ4n) is 4.09. The van der Waals surface area contributed by atoms with Crippen LogP contribution in [0.4, 0.5) is 0 Å². The maximum absolute atomic E-state index is 12.6. The van der Waals surface area contributed by atoms with E-state index in [1.54, 1.807) is 6.20 Å². The van der Waals surface area contributed by atoms with Crippen molar-refractivity contribution in [1.29, 1.82) is 0 Å². The minimum absolute atomic E-state index is 0.0973. The SMILES string of the molecule is Cc1nccn1CCC(=O)N1CC[C@@]23OCCN2C(=O)C[C@@H]13. The van der Waals surface area contributed by atoms with Crippen LogP contribution >= 0.6 is 0 Å². The Balaban J connectivity index is 1.46. The van der Waals surface area contributed by atoms with Gasteiger partial charge in [0.25, 0.3) is 0 Å². The summed E-state index contributed by atoms with van der Waals surface area (Å²) >= 11 is 0. The number of likely N-dealkylation sites (tertiary alicyclic amines) is 1. The molecule has 4 heterocycles. The van der Waals surface area contributed by atoms with Crippen molar-refractivity contribution in [3.63, 3.8) is 0 Å². The third-order valence-electron chi connectivity index (χ3n) is 5.21. The highest BCUT2D eigenvalue weighted by molar-refractivity contribution is 5.84. The van der Waals surface area contributed by atoms with Crippen LogP contribution in [-0.2, 0) is 20.9 Å². The number of hydrogen-bond donors (Lipinski definition) is 0. The predicted octanol–water partition coefficient (Wildman–Crippen LogP) is 0.141. The Morgan fingerprint density at radius 2 is 2.36 bits per heavy atom. The van der Waals surface area contributed by atoms with Gasteiger partial charge in [0.15, 0.2) is 5.72 Å². The number of amides is 2. The quantitative estimate of drug-likeness (QED) is 0.797. The number of carbonyl (C=O) groups excluding carboxylic acids is 2. The van der Waals surface area contributed by atoms with Gasteiger partial charge in [0, 0.05) is 44.9 Å². The van der Waals surface area contributed by atoms with Crippen LogP contribution in [0, 0.1) is 6.92 Å². The zero-order chi connectivity index (χ0) is 15.3. The molecular formula is C15H20N4O3. The molecular weight excluding hydrogens is 284 g/mol. The average molecular weight is 304 g/mol. The number of hydrogen-bond acceptors (Lipinski definition) is 4. The van der Waals surface area contributed by atoms with Crippen LogP contribution < -0.4 is 0 Å². The van der Waals surface area contributed by atoms with Gasteiger partial charge in [-0.15, -0.1) is 0 Å². The van der Waals surface area contributed by atoms with Crippen molar-refractivity contribution in [1.82, 2.24) is 19.4 Å². The summed E-state index contributed by atoms with van der Waals surface area (Å²) < 4.78 is 7.88. The third kappa shape index (κ3) is 1.81. The van der Waals surface area contributed by atoms with Gasteiger partial charge >= 0.3 is 0 Å². The third-order valence-corrected chi connectivity index (χ3v) is 5.21. The van der Waals surface area contributed by atoms with Gasteiger partial charge in [0.1, 0.15) is 5.82 Å². The Kier molecular flexibility index (Phi) is 3.00. The van der Waals surface area contributed by atoms with E-state index in [1.807, 2.05) is 27.5 Å². The molecule has 3 fully saturated rings.